The van der Waals surface area contributed by atoms with Crippen LogP contribution >= 0.6 is 0 Å². The number of nitrogens with one attached hydrogen (secondary N) is 1. The molecule has 0 radical (unpaired) electrons. The molecule has 0 aromatic carbocycles. The fraction of sp³-hybridized carbons (Fsp3) is 0.667. The second-order valence-corrected chi connectivity index (χ2v) is 5.52. The van der Waals surface area contributed by atoms with E-state index in [-0.39, 0.29) is 0 Å². The van der Waals surface area contributed by atoms with Crippen molar-refractivity contribution >= 4 is 0 Å². The zero-order chi connectivity index (χ0) is 13.0. The van der Waals surface area contributed by atoms with E-state index in [2.05, 4.69) is 37.1 Å². The highest BCUT2D eigenvalue weighted by molar-refractivity contribution is 5.17. The van der Waals surface area contributed by atoms with E-state index >= 15 is 0 Å². The summed E-state index contributed by atoms with van der Waals surface area (Å²) in [4.78, 5) is 4.42. The molecule has 1 aliphatic rings. The molecule has 2 rings (SSSR count). The smallest absolute Gasteiger partial charge is 0.0612 e. The van der Waals surface area contributed by atoms with Crippen LogP contribution in [0, 0.1) is 12.8 Å². The van der Waals surface area contributed by atoms with Gasteiger partial charge in [-0.15, -0.1) is 0 Å². The fourth-order valence-electron chi connectivity index (χ4n) is 2.42. The van der Waals surface area contributed by atoms with Crippen molar-refractivity contribution in [1.82, 2.24) is 10.3 Å². The maximum atomic E-state index is 5.79. The minimum atomic E-state index is 0.404. The van der Waals surface area contributed by atoms with Crippen LogP contribution in [0.4, 0.5) is 0 Å². The molecule has 100 valence electrons. The third-order valence-corrected chi connectivity index (χ3v) is 3.73. The van der Waals surface area contributed by atoms with Gasteiger partial charge < -0.3 is 10.1 Å². The predicted octanol–water partition coefficient (Wildman–Crippen LogP) is 2.68. The average Bonchev–Trinajstić information content (AvgIpc) is 2.38. The van der Waals surface area contributed by atoms with E-state index in [0.29, 0.717) is 18.1 Å². The van der Waals surface area contributed by atoms with Crippen molar-refractivity contribution in [1.29, 1.82) is 0 Å². The van der Waals surface area contributed by atoms with Crippen LogP contribution in [0.25, 0.3) is 0 Å². The standard InChI is InChI=1S/C15H24N2O/c1-11(2)15-9-13(6-8-18-15)17-10-14-12(3)5-4-7-16-14/h4-5,7,11,13,15,17H,6,8-10H2,1-3H3. The third kappa shape index (κ3) is 3.53. The minimum absolute atomic E-state index is 0.404. The summed E-state index contributed by atoms with van der Waals surface area (Å²) in [6.07, 6.45) is 4.49. The second kappa shape index (κ2) is 6.30. The van der Waals surface area contributed by atoms with Gasteiger partial charge in [-0.1, -0.05) is 19.9 Å². The highest BCUT2D eigenvalue weighted by Crippen LogP contribution is 2.20. The van der Waals surface area contributed by atoms with Crippen LogP contribution in [-0.2, 0) is 11.3 Å². The quantitative estimate of drug-likeness (QED) is 0.889. The van der Waals surface area contributed by atoms with Crippen LogP contribution in [0.5, 0.6) is 0 Å². The summed E-state index contributed by atoms with van der Waals surface area (Å²) >= 11 is 0. The van der Waals surface area contributed by atoms with Crippen molar-refractivity contribution in [2.75, 3.05) is 6.61 Å². The molecule has 18 heavy (non-hydrogen) atoms. The molecule has 0 aliphatic carbocycles. The number of hydrogen-bond donors (Lipinski definition) is 1. The normalized spacial score (nSPS) is 24.4. The molecule has 2 heterocycles. The lowest BCUT2D eigenvalue weighted by atomic mass is 9.95. The Balaban J connectivity index is 1.85. The molecule has 0 bridgehead atoms. The Kier molecular flexibility index (Phi) is 4.72. The Morgan fingerprint density at radius 2 is 2.33 bits per heavy atom. The third-order valence-electron chi connectivity index (χ3n) is 3.73. The molecular formula is C15H24N2O. The van der Waals surface area contributed by atoms with Crippen LogP contribution in [0.15, 0.2) is 18.3 Å². The molecule has 1 aliphatic heterocycles. The molecule has 3 heteroatoms. The minimum Gasteiger partial charge on any atom is -0.378 e. The van der Waals surface area contributed by atoms with Crippen molar-refractivity contribution in [2.24, 2.45) is 5.92 Å². The van der Waals surface area contributed by atoms with E-state index in [4.69, 9.17) is 4.74 Å². The van der Waals surface area contributed by atoms with E-state index in [1.807, 2.05) is 12.3 Å². The Labute approximate surface area is 110 Å². The maximum absolute atomic E-state index is 5.79. The lowest BCUT2D eigenvalue weighted by molar-refractivity contribution is -0.0246. The number of aryl methyl sites for hydroxylation is 1. The monoisotopic (exact) mass is 248 g/mol. The summed E-state index contributed by atoms with van der Waals surface area (Å²) in [5.41, 5.74) is 2.42. The topological polar surface area (TPSA) is 34.2 Å². The molecular weight excluding hydrogens is 224 g/mol. The molecule has 0 spiro atoms. The predicted molar refractivity (Wildman–Crippen MR) is 73.4 cm³/mol. The number of ether oxygens (including phenoxy) is 1. The van der Waals surface area contributed by atoms with Crippen molar-refractivity contribution in [3.05, 3.63) is 29.6 Å². The van der Waals surface area contributed by atoms with E-state index in [0.717, 1.165) is 31.7 Å². The van der Waals surface area contributed by atoms with Crippen LogP contribution in [0.1, 0.15) is 37.9 Å². The van der Waals surface area contributed by atoms with E-state index in [9.17, 15) is 0 Å². The van der Waals surface area contributed by atoms with Gasteiger partial charge in [0.1, 0.15) is 0 Å². The summed E-state index contributed by atoms with van der Waals surface area (Å²) in [6, 6.07) is 4.67. The van der Waals surface area contributed by atoms with Gasteiger partial charge in [-0.3, -0.25) is 4.98 Å². The number of rotatable bonds is 4. The van der Waals surface area contributed by atoms with Crippen LogP contribution < -0.4 is 5.32 Å². The van der Waals surface area contributed by atoms with Crippen LogP contribution in [0.3, 0.4) is 0 Å². The highest BCUT2D eigenvalue weighted by atomic mass is 16.5. The van der Waals surface area contributed by atoms with Crippen LogP contribution in [0.2, 0.25) is 0 Å². The molecule has 0 saturated carbocycles. The Morgan fingerprint density at radius 1 is 1.50 bits per heavy atom. The first-order valence-electron chi connectivity index (χ1n) is 6.92. The summed E-state index contributed by atoms with van der Waals surface area (Å²) in [7, 11) is 0. The molecule has 2 unspecified atom stereocenters. The zero-order valence-corrected chi connectivity index (χ0v) is 11.6. The fourth-order valence-corrected chi connectivity index (χ4v) is 2.42. The van der Waals surface area contributed by atoms with Gasteiger partial charge in [0.05, 0.1) is 11.8 Å². The highest BCUT2D eigenvalue weighted by Gasteiger charge is 2.24. The van der Waals surface area contributed by atoms with Gasteiger partial charge in [-0.05, 0) is 37.3 Å². The van der Waals surface area contributed by atoms with E-state index in [1.54, 1.807) is 0 Å². The summed E-state index contributed by atoms with van der Waals surface area (Å²) in [5, 5.41) is 3.62. The lowest BCUT2D eigenvalue weighted by Gasteiger charge is -2.32. The Morgan fingerprint density at radius 3 is 3.06 bits per heavy atom. The van der Waals surface area contributed by atoms with Gasteiger partial charge in [-0.25, -0.2) is 0 Å². The second-order valence-electron chi connectivity index (χ2n) is 5.52. The van der Waals surface area contributed by atoms with Gasteiger partial charge in [-0.2, -0.15) is 0 Å². The first kappa shape index (κ1) is 13.5. The van der Waals surface area contributed by atoms with Crippen molar-refractivity contribution in [3.63, 3.8) is 0 Å². The van der Waals surface area contributed by atoms with Gasteiger partial charge in [0, 0.05) is 25.4 Å². The summed E-state index contributed by atoms with van der Waals surface area (Å²) < 4.78 is 5.79. The maximum Gasteiger partial charge on any atom is 0.0612 e. The molecule has 0 amide bonds. The first-order chi connectivity index (χ1) is 8.66. The molecule has 1 fully saturated rings. The molecule has 1 saturated heterocycles. The number of pyridine rings is 1. The van der Waals surface area contributed by atoms with Gasteiger partial charge in [0.15, 0.2) is 0 Å². The SMILES string of the molecule is Cc1cccnc1CNC1CCOC(C(C)C)C1. The van der Waals surface area contributed by atoms with E-state index in [1.165, 1.54) is 5.56 Å². The Hall–Kier alpha value is -0.930. The molecule has 3 nitrogen and oxygen atoms in total. The zero-order valence-electron chi connectivity index (χ0n) is 11.6. The molecule has 2 atom stereocenters. The van der Waals surface area contributed by atoms with Crippen molar-refractivity contribution in [2.45, 2.75) is 52.3 Å². The van der Waals surface area contributed by atoms with Gasteiger partial charge in [0.2, 0.25) is 0 Å². The summed E-state index contributed by atoms with van der Waals surface area (Å²) in [6.45, 7) is 8.32. The van der Waals surface area contributed by atoms with Crippen molar-refractivity contribution < 1.29 is 4.74 Å². The van der Waals surface area contributed by atoms with Gasteiger partial charge in [0.25, 0.3) is 0 Å². The summed E-state index contributed by atoms with van der Waals surface area (Å²) in [5.74, 6) is 0.603. The average molecular weight is 248 g/mol. The lowest BCUT2D eigenvalue weighted by Crippen LogP contribution is -2.40. The molecule has 1 N–H and O–H groups in total. The first-order valence-corrected chi connectivity index (χ1v) is 6.92. The van der Waals surface area contributed by atoms with Gasteiger partial charge >= 0.3 is 0 Å². The van der Waals surface area contributed by atoms with Crippen LogP contribution in [-0.4, -0.2) is 23.7 Å². The Bertz CT molecular complexity index is 379. The van der Waals surface area contributed by atoms with E-state index < -0.39 is 0 Å². The van der Waals surface area contributed by atoms with Crippen molar-refractivity contribution in [3.8, 4) is 0 Å². The number of hydrogen-bond acceptors (Lipinski definition) is 3. The number of nitrogens with zero attached hydrogens (tertiary/aromatic N) is 1. The largest absolute Gasteiger partial charge is 0.378 e. The number of aromatic nitrogens is 1. The molecule has 1 aromatic heterocycles. The molecule has 1 aromatic rings.